The van der Waals surface area contributed by atoms with Crippen LogP contribution < -0.4 is 5.32 Å². The van der Waals surface area contributed by atoms with Gasteiger partial charge in [-0.15, -0.1) is 0 Å². The van der Waals surface area contributed by atoms with Gasteiger partial charge in [-0.2, -0.15) is 0 Å². The second-order valence-electron chi connectivity index (χ2n) is 7.62. The summed E-state index contributed by atoms with van der Waals surface area (Å²) in [7, 11) is 0. The highest BCUT2D eigenvalue weighted by atomic mass is 16.2. The lowest BCUT2D eigenvalue weighted by atomic mass is 9.83. The molecular formula is C21H32N2O. The maximum Gasteiger partial charge on any atom is 0.222 e. The average Bonchev–Trinajstić information content (AvgIpc) is 3.01. The summed E-state index contributed by atoms with van der Waals surface area (Å²) >= 11 is 0. The predicted molar refractivity (Wildman–Crippen MR) is 98.6 cm³/mol. The average molecular weight is 329 g/mol. The zero-order chi connectivity index (χ0) is 16.8. The molecule has 3 heteroatoms. The van der Waals surface area contributed by atoms with E-state index in [1.807, 2.05) is 4.90 Å². The van der Waals surface area contributed by atoms with Gasteiger partial charge in [0.2, 0.25) is 5.91 Å². The van der Waals surface area contributed by atoms with Gasteiger partial charge in [-0.25, -0.2) is 0 Å². The van der Waals surface area contributed by atoms with Crippen LogP contribution in [0.2, 0.25) is 0 Å². The monoisotopic (exact) mass is 328 g/mol. The van der Waals surface area contributed by atoms with Crippen molar-refractivity contribution in [2.24, 2.45) is 5.92 Å². The molecule has 1 N–H and O–H groups in total. The van der Waals surface area contributed by atoms with Crippen LogP contribution in [-0.2, 0) is 17.9 Å². The molecule has 2 fully saturated rings. The molecule has 0 atom stereocenters. The Hall–Kier alpha value is -1.35. The van der Waals surface area contributed by atoms with E-state index in [4.69, 9.17) is 0 Å². The molecular weight excluding hydrogens is 296 g/mol. The number of nitrogens with one attached hydrogen (secondary N) is 1. The third-order valence-electron chi connectivity index (χ3n) is 5.71. The largest absolute Gasteiger partial charge is 0.338 e. The lowest BCUT2D eigenvalue weighted by Gasteiger charge is -2.29. The number of rotatable bonds is 7. The minimum absolute atomic E-state index is 0.305. The highest BCUT2D eigenvalue weighted by Gasteiger charge is 2.21. The smallest absolute Gasteiger partial charge is 0.222 e. The number of carbonyl (C=O) groups excluding carboxylic acids is 1. The molecule has 132 valence electrons. The summed E-state index contributed by atoms with van der Waals surface area (Å²) in [6.07, 6.45) is 9.94. The first kappa shape index (κ1) is 17.5. The first-order chi connectivity index (χ1) is 11.7. The molecule has 1 heterocycles. The van der Waals surface area contributed by atoms with Crippen molar-refractivity contribution in [3.63, 3.8) is 0 Å². The van der Waals surface area contributed by atoms with E-state index in [9.17, 15) is 4.79 Å². The molecule has 1 aromatic rings. The lowest BCUT2D eigenvalue weighted by molar-refractivity contribution is -0.128. The molecule has 1 amide bonds. The van der Waals surface area contributed by atoms with E-state index in [-0.39, 0.29) is 0 Å². The summed E-state index contributed by atoms with van der Waals surface area (Å²) in [5.41, 5.74) is 2.59. The van der Waals surface area contributed by atoms with Crippen LogP contribution in [-0.4, -0.2) is 23.4 Å². The molecule has 1 saturated heterocycles. The first-order valence-corrected chi connectivity index (χ1v) is 9.83. The van der Waals surface area contributed by atoms with Crippen LogP contribution in [0.5, 0.6) is 0 Å². The van der Waals surface area contributed by atoms with Gasteiger partial charge >= 0.3 is 0 Å². The quantitative estimate of drug-likeness (QED) is 0.811. The van der Waals surface area contributed by atoms with Gasteiger partial charge < -0.3 is 10.2 Å². The van der Waals surface area contributed by atoms with Gasteiger partial charge in [0.1, 0.15) is 0 Å². The van der Waals surface area contributed by atoms with E-state index in [2.05, 4.69) is 36.5 Å². The van der Waals surface area contributed by atoms with Crippen LogP contribution in [0.15, 0.2) is 24.3 Å². The van der Waals surface area contributed by atoms with Crippen molar-refractivity contribution in [1.82, 2.24) is 10.2 Å². The van der Waals surface area contributed by atoms with Gasteiger partial charge in [-0.1, -0.05) is 44.0 Å². The molecule has 0 radical (unpaired) electrons. The molecule has 0 bridgehead atoms. The third-order valence-corrected chi connectivity index (χ3v) is 5.71. The van der Waals surface area contributed by atoms with E-state index in [1.165, 1.54) is 49.7 Å². The number of carbonyl (C=O) groups is 1. The van der Waals surface area contributed by atoms with Crippen molar-refractivity contribution < 1.29 is 4.79 Å². The molecule has 24 heavy (non-hydrogen) atoms. The van der Waals surface area contributed by atoms with E-state index in [1.54, 1.807) is 0 Å². The van der Waals surface area contributed by atoms with Crippen LogP contribution in [0.3, 0.4) is 0 Å². The molecule has 1 aromatic carbocycles. The highest BCUT2D eigenvalue weighted by Crippen LogP contribution is 2.27. The molecule has 0 aromatic heterocycles. The Balaban J connectivity index is 1.41. The number of amides is 1. The topological polar surface area (TPSA) is 32.3 Å². The van der Waals surface area contributed by atoms with Crippen molar-refractivity contribution in [3.8, 4) is 0 Å². The van der Waals surface area contributed by atoms with E-state index in [0.29, 0.717) is 11.9 Å². The van der Waals surface area contributed by atoms with Crippen molar-refractivity contribution in [2.75, 3.05) is 6.54 Å². The van der Waals surface area contributed by atoms with Crippen LogP contribution in [0, 0.1) is 5.92 Å². The molecule has 3 nitrogen and oxygen atoms in total. The van der Waals surface area contributed by atoms with E-state index < -0.39 is 0 Å². The Labute approximate surface area is 146 Å². The number of nitrogens with zero attached hydrogens (tertiary/aromatic N) is 1. The van der Waals surface area contributed by atoms with Crippen molar-refractivity contribution in [2.45, 2.75) is 77.4 Å². The Kier molecular flexibility index (Phi) is 6.30. The molecule has 2 aliphatic rings. The minimum atomic E-state index is 0.305. The summed E-state index contributed by atoms with van der Waals surface area (Å²) < 4.78 is 0. The van der Waals surface area contributed by atoms with Crippen molar-refractivity contribution >= 4 is 5.91 Å². The molecule has 0 unspecified atom stereocenters. The summed E-state index contributed by atoms with van der Waals surface area (Å²) in [4.78, 5) is 13.7. The summed E-state index contributed by atoms with van der Waals surface area (Å²) in [6.45, 7) is 4.95. The van der Waals surface area contributed by atoms with Crippen LogP contribution in [0.1, 0.15) is 69.4 Å². The van der Waals surface area contributed by atoms with Crippen LogP contribution in [0.25, 0.3) is 0 Å². The first-order valence-electron chi connectivity index (χ1n) is 9.83. The van der Waals surface area contributed by atoms with Gasteiger partial charge in [-0.05, 0) is 49.1 Å². The number of hydrogen-bond acceptors (Lipinski definition) is 2. The van der Waals surface area contributed by atoms with E-state index in [0.717, 1.165) is 38.4 Å². The molecule has 1 aliphatic heterocycles. The number of hydrogen-bond donors (Lipinski definition) is 1. The number of benzene rings is 1. The second-order valence-corrected chi connectivity index (χ2v) is 7.62. The fourth-order valence-electron chi connectivity index (χ4n) is 4.18. The standard InChI is InChI=1S/C21H32N2O/c1-2-4-17-10-12-20(13-11-17)22-15-18-6-8-19(9-7-18)16-23-14-3-5-21(23)24/h6-9,17,20,22H,2-5,10-16H2,1H3. The Bertz CT molecular complexity index is 517. The zero-order valence-electron chi connectivity index (χ0n) is 15.1. The van der Waals surface area contributed by atoms with Gasteiger partial charge in [0, 0.05) is 32.1 Å². The fourth-order valence-corrected chi connectivity index (χ4v) is 4.18. The minimum Gasteiger partial charge on any atom is -0.338 e. The summed E-state index contributed by atoms with van der Waals surface area (Å²) in [6, 6.07) is 9.48. The Morgan fingerprint density at radius 2 is 1.79 bits per heavy atom. The predicted octanol–water partition coefficient (Wildman–Crippen LogP) is 4.26. The van der Waals surface area contributed by atoms with Crippen molar-refractivity contribution in [3.05, 3.63) is 35.4 Å². The lowest BCUT2D eigenvalue weighted by Crippen LogP contribution is -2.32. The molecule has 1 aliphatic carbocycles. The second kappa shape index (κ2) is 8.66. The SMILES string of the molecule is CCCC1CCC(NCc2ccc(CN3CCCC3=O)cc2)CC1. The number of likely N-dealkylation sites (tertiary alicyclic amines) is 1. The Morgan fingerprint density at radius 1 is 1.08 bits per heavy atom. The van der Waals surface area contributed by atoms with E-state index >= 15 is 0 Å². The molecule has 0 spiro atoms. The summed E-state index contributed by atoms with van der Waals surface area (Å²) in [5.74, 6) is 1.28. The maximum absolute atomic E-state index is 11.7. The highest BCUT2D eigenvalue weighted by molar-refractivity contribution is 5.78. The third kappa shape index (κ3) is 4.83. The zero-order valence-corrected chi connectivity index (χ0v) is 15.1. The van der Waals surface area contributed by atoms with Gasteiger partial charge in [0.15, 0.2) is 0 Å². The molecule has 3 rings (SSSR count). The van der Waals surface area contributed by atoms with Gasteiger partial charge in [0.05, 0.1) is 0 Å². The van der Waals surface area contributed by atoms with Crippen LogP contribution in [0.4, 0.5) is 0 Å². The van der Waals surface area contributed by atoms with Gasteiger partial charge in [0.25, 0.3) is 0 Å². The van der Waals surface area contributed by atoms with Crippen LogP contribution >= 0.6 is 0 Å². The fraction of sp³-hybridized carbons (Fsp3) is 0.667. The van der Waals surface area contributed by atoms with Gasteiger partial charge in [-0.3, -0.25) is 4.79 Å². The van der Waals surface area contributed by atoms with Crippen molar-refractivity contribution in [1.29, 1.82) is 0 Å². The maximum atomic E-state index is 11.7. The Morgan fingerprint density at radius 3 is 2.42 bits per heavy atom. The normalized spacial score (nSPS) is 24.5. The molecule has 1 saturated carbocycles. The summed E-state index contributed by atoms with van der Waals surface area (Å²) in [5, 5.41) is 3.74.